The van der Waals surface area contributed by atoms with Crippen molar-refractivity contribution in [3.63, 3.8) is 0 Å². The number of hydrogen-bond donors (Lipinski definition) is 0. The van der Waals surface area contributed by atoms with E-state index in [0.29, 0.717) is 0 Å². The maximum Gasteiger partial charge on any atom is 0.291 e. The van der Waals surface area contributed by atoms with E-state index in [2.05, 4.69) is 0 Å². The number of alkyl halides is 3. The van der Waals surface area contributed by atoms with Gasteiger partial charge in [-0.2, -0.15) is 0 Å². The lowest BCUT2D eigenvalue weighted by Crippen LogP contribution is -2.17. The van der Waals surface area contributed by atoms with E-state index in [1.165, 1.54) is 0 Å². The molecule has 44 valence electrons. The van der Waals surface area contributed by atoms with Crippen molar-refractivity contribution in [3.8, 4) is 0 Å². The Morgan fingerprint density at radius 2 is 1.14 bits per heavy atom. The summed E-state index contributed by atoms with van der Waals surface area (Å²) in [6, 6.07) is 0. The molecule has 7 heavy (non-hydrogen) atoms. The van der Waals surface area contributed by atoms with Gasteiger partial charge in [-0.15, -0.1) is 22.2 Å². The molecule has 0 fully saturated rings. The smallest absolute Gasteiger partial charge is 0.145 e. The third kappa shape index (κ3) is 4.19. The van der Waals surface area contributed by atoms with Crippen LogP contribution in [0.15, 0.2) is 0 Å². The summed E-state index contributed by atoms with van der Waals surface area (Å²) in [6.07, 6.45) is 0. The van der Waals surface area contributed by atoms with Crippen LogP contribution < -0.4 is 0 Å². The Morgan fingerprint density at radius 3 is 1.14 bits per heavy atom. The molecule has 0 saturated heterocycles. The first-order valence-corrected chi connectivity index (χ1v) is 6.49. The molecule has 0 aliphatic carbocycles. The fourth-order valence-electron chi connectivity index (χ4n) is 0. The van der Waals surface area contributed by atoms with Crippen LogP contribution in [0.2, 0.25) is 0 Å². The van der Waals surface area contributed by atoms with Crippen molar-refractivity contribution >= 4 is 64.4 Å². The molecule has 0 rings (SSSR count). The summed E-state index contributed by atoms with van der Waals surface area (Å²) in [5.41, 5.74) is 0. The molecule has 0 aromatic rings. The highest BCUT2D eigenvalue weighted by Gasteiger charge is 2.30. The van der Waals surface area contributed by atoms with Gasteiger partial charge in [-0.3, -0.25) is 0 Å². The first kappa shape index (κ1) is 8.67. The van der Waals surface area contributed by atoms with E-state index in [0.717, 1.165) is 0 Å². The normalized spacial score (nSPS) is 12.9. The molecule has 0 saturated carbocycles. The zero-order chi connectivity index (χ0) is 6.08. The minimum Gasteiger partial charge on any atom is -0.145 e. The quantitative estimate of drug-likeness (QED) is 0.333. The molecule has 6 heteroatoms. The average Bonchev–Trinajstić information content (AvgIpc) is 1.31. The fraction of sp³-hybridized carbons (Fsp3) is 1.00. The van der Waals surface area contributed by atoms with Crippen LogP contribution in [0, 0.1) is 0 Å². The molecule has 0 aromatic carbocycles. The molecular formula is CHCl5Si. The molecule has 0 N–H and O–H groups in total. The summed E-state index contributed by atoms with van der Waals surface area (Å²) in [5, 5.41) is 0. The summed E-state index contributed by atoms with van der Waals surface area (Å²) >= 11 is 26.1. The summed E-state index contributed by atoms with van der Waals surface area (Å²) in [4.78, 5) is 0. The lowest BCUT2D eigenvalue weighted by atomic mass is 11.8. The molecule has 0 nitrogen and oxygen atoms in total. The second kappa shape index (κ2) is 2.99. The minimum atomic E-state index is -2.12. The van der Waals surface area contributed by atoms with Crippen LogP contribution in [0.4, 0.5) is 0 Å². The van der Waals surface area contributed by atoms with Crippen molar-refractivity contribution in [2.45, 2.75) is 3.42 Å². The average molecular weight is 218 g/mol. The lowest BCUT2D eigenvalue weighted by Gasteiger charge is -2.07. The summed E-state index contributed by atoms with van der Waals surface area (Å²) in [7, 11) is -2.12. The zero-order valence-electron chi connectivity index (χ0n) is 2.97. The molecule has 0 unspecified atom stereocenters. The largest absolute Gasteiger partial charge is 0.291 e. The Bertz CT molecular complexity index is 53.6. The van der Waals surface area contributed by atoms with Crippen molar-refractivity contribution in [1.82, 2.24) is 0 Å². The van der Waals surface area contributed by atoms with Crippen molar-refractivity contribution in [3.05, 3.63) is 0 Å². The highest BCUT2D eigenvalue weighted by molar-refractivity contribution is 7.41. The van der Waals surface area contributed by atoms with Gasteiger partial charge in [0.05, 0.1) is 0 Å². The highest BCUT2D eigenvalue weighted by atomic mass is 35.7. The standard InChI is InChI=1S/CHCl5Si/c2-1(3,4)7(5)6/h7H. The van der Waals surface area contributed by atoms with Crippen LogP contribution in [0.1, 0.15) is 0 Å². The monoisotopic (exact) mass is 216 g/mol. The third-order valence-electron chi connectivity index (χ3n) is 0.247. The van der Waals surface area contributed by atoms with Gasteiger partial charge in [-0.05, 0) is 0 Å². The third-order valence-corrected chi connectivity index (χ3v) is 6.68. The van der Waals surface area contributed by atoms with Crippen LogP contribution in [0.5, 0.6) is 0 Å². The SMILES string of the molecule is Cl[SiH](Cl)C(Cl)(Cl)Cl. The molecular weight excluding hydrogens is 217 g/mol. The van der Waals surface area contributed by atoms with E-state index in [1.807, 2.05) is 0 Å². The van der Waals surface area contributed by atoms with Gasteiger partial charge in [0, 0.05) is 0 Å². The van der Waals surface area contributed by atoms with Crippen molar-refractivity contribution in [2.24, 2.45) is 0 Å². The van der Waals surface area contributed by atoms with Gasteiger partial charge in [0.2, 0.25) is 3.42 Å². The lowest BCUT2D eigenvalue weighted by molar-refractivity contribution is 1.72. The van der Waals surface area contributed by atoms with Crippen molar-refractivity contribution < 1.29 is 0 Å². The fourth-order valence-corrected chi connectivity index (χ4v) is 0. The summed E-state index contributed by atoms with van der Waals surface area (Å²) < 4.78 is -1.41. The first-order chi connectivity index (χ1) is 2.94. The van der Waals surface area contributed by atoms with Gasteiger partial charge in [-0.1, -0.05) is 34.8 Å². The molecule has 0 heterocycles. The van der Waals surface area contributed by atoms with Crippen LogP contribution in [0.3, 0.4) is 0 Å². The number of hydrogen-bond acceptors (Lipinski definition) is 0. The topological polar surface area (TPSA) is 0 Å². The second-order valence-corrected chi connectivity index (χ2v) is 9.07. The van der Waals surface area contributed by atoms with Gasteiger partial charge >= 0.3 is 0 Å². The maximum atomic E-state index is 5.26. The van der Waals surface area contributed by atoms with Gasteiger partial charge in [0.1, 0.15) is 0 Å². The Kier molecular flexibility index (Phi) is 3.71. The maximum absolute atomic E-state index is 5.26. The second-order valence-electron chi connectivity index (χ2n) is 0.842. The summed E-state index contributed by atoms with van der Waals surface area (Å²) in [5.74, 6) is 0. The molecule has 0 aliphatic heterocycles. The number of halogens is 5. The Morgan fingerprint density at radius 1 is 1.00 bits per heavy atom. The van der Waals surface area contributed by atoms with Crippen LogP contribution in [0.25, 0.3) is 0 Å². The Balaban J connectivity index is 3.54. The number of rotatable bonds is 0. The highest BCUT2D eigenvalue weighted by Crippen LogP contribution is 2.32. The molecule has 0 amide bonds. The van der Waals surface area contributed by atoms with Gasteiger partial charge in [0.15, 0.2) is 0 Å². The predicted octanol–water partition coefficient (Wildman–Crippen LogP) is 2.59. The minimum absolute atomic E-state index is 1.41. The molecule has 0 aromatic heterocycles. The molecule has 0 bridgehead atoms. The van der Waals surface area contributed by atoms with Crippen molar-refractivity contribution in [2.75, 3.05) is 0 Å². The predicted molar refractivity (Wildman–Crippen MR) is 39.1 cm³/mol. The summed E-state index contributed by atoms with van der Waals surface area (Å²) in [6.45, 7) is 0. The van der Waals surface area contributed by atoms with E-state index in [9.17, 15) is 0 Å². The van der Waals surface area contributed by atoms with Crippen molar-refractivity contribution in [1.29, 1.82) is 0 Å². The Hall–Kier alpha value is 1.67. The Labute approximate surface area is 67.6 Å². The van der Waals surface area contributed by atoms with E-state index < -0.39 is 10.8 Å². The van der Waals surface area contributed by atoms with Crippen LogP contribution >= 0.6 is 57.0 Å². The zero-order valence-corrected chi connectivity index (χ0v) is 7.90. The van der Waals surface area contributed by atoms with Gasteiger partial charge in [-0.25, -0.2) is 0 Å². The molecule has 0 radical (unpaired) electrons. The van der Waals surface area contributed by atoms with Crippen LogP contribution in [-0.2, 0) is 0 Å². The van der Waals surface area contributed by atoms with Crippen LogP contribution in [-0.4, -0.2) is 10.8 Å². The van der Waals surface area contributed by atoms with E-state index in [-0.39, 0.29) is 0 Å². The van der Waals surface area contributed by atoms with Gasteiger partial charge < -0.3 is 0 Å². The van der Waals surface area contributed by atoms with E-state index >= 15 is 0 Å². The molecule has 0 atom stereocenters. The first-order valence-electron chi connectivity index (χ1n) is 1.29. The van der Waals surface area contributed by atoms with E-state index in [4.69, 9.17) is 57.0 Å². The molecule has 0 aliphatic rings. The molecule has 0 spiro atoms. The van der Waals surface area contributed by atoms with E-state index in [1.54, 1.807) is 0 Å². The van der Waals surface area contributed by atoms with Gasteiger partial charge in [0.25, 0.3) is 7.42 Å².